The lowest BCUT2D eigenvalue weighted by molar-refractivity contribution is -0.144. The number of aliphatic carboxylic acids is 1. The van der Waals surface area contributed by atoms with Gasteiger partial charge in [0.2, 0.25) is 0 Å². The molecule has 1 aliphatic rings. The number of hydrogen-bond donors (Lipinski definition) is 3. The number of rotatable bonds is 5. The van der Waals surface area contributed by atoms with Crippen molar-refractivity contribution in [2.24, 2.45) is 5.92 Å². The second-order valence-electron chi connectivity index (χ2n) is 5.99. The third kappa shape index (κ3) is 4.53. The number of carbonyl (C=O) groups is 1. The summed E-state index contributed by atoms with van der Waals surface area (Å²) in [6.07, 6.45) is 2.20. The number of halogens is 1. The highest BCUT2D eigenvalue weighted by molar-refractivity contribution is 9.10. The largest absolute Gasteiger partial charge is 0.481 e. The molecule has 0 spiro atoms. The van der Waals surface area contributed by atoms with Crippen LogP contribution < -0.4 is 5.32 Å². The van der Waals surface area contributed by atoms with Crippen molar-refractivity contribution in [2.75, 3.05) is 6.54 Å². The zero-order chi connectivity index (χ0) is 15.5. The van der Waals surface area contributed by atoms with Crippen LogP contribution in [-0.4, -0.2) is 28.3 Å². The first-order chi connectivity index (χ1) is 9.89. The maximum absolute atomic E-state index is 10.9. The maximum Gasteiger partial charge on any atom is 0.306 e. The molecule has 0 aromatic heterocycles. The lowest BCUT2D eigenvalue weighted by Gasteiger charge is -2.35. The summed E-state index contributed by atoms with van der Waals surface area (Å²) in [6, 6.07) is 8.22. The van der Waals surface area contributed by atoms with Crippen molar-refractivity contribution in [3.63, 3.8) is 0 Å². The molecule has 1 atom stereocenters. The van der Waals surface area contributed by atoms with Gasteiger partial charge in [0.15, 0.2) is 0 Å². The van der Waals surface area contributed by atoms with Crippen LogP contribution in [0.1, 0.15) is 44.2 Å². The fraction of sp³-hybridized carbons (Fsp3) is 0.562. The lowest BCUT2D eigenvalue weighted by Crippen LogP contribution is -2.45. The molecule has 0 radical (unpaired) electrons. The third-order valence-corrected chi connectivity index (χ3v) is 4.84. The Kier molecular flexibility index (Phi) is 5.41. The molecule has 1 aliphatic carbocycles. The molecular weight excluding hydrogens is 334 g/mol. The number of benzene rings is 1. The molecule has 2 rings (SSSR count). The van der Waals surface area contributed by atoms with Gasteiger partial charge >= 0.3 is 5.97 Å². The minimum Gasteiger partial charge on any atom is -0.481 e. The van der Waals surface area contributed by atoms with Crippen LogP contribution in [0.4, 0.5) is 0 Å². The van der Waals surface area contributed by atoms with Gasteiger partial charge in [0.05, 0.1) is 11.5 Å². The van der Waals surface area contributed by atoms with Gasteiger partial charge in [0, 0.05) is 17.1 Å². The Labute approximate surface area is 133 Å². The van der Waals surface area contributed by atoms with E-state index in [1.807, 2.05) is 18.2 Å². The van der Waals surface area contributed by atoms with Crippen LogP contribution in [0.15, 0.2) is 28.7 Å². The molecule has 0 unspecified atom stereocenters. The topological polar surface area (TPSA) is 69.6 Å². The fourth-order valence-corrected chi connectivity index (χ4v) is 3.23. The Morgan fingerprint density at radius 1 is 1.48 bits per heavy atom. The first-order valence-electron chi connectivity index (χ1n) is 7.34. The molecule has 0 amide bonds. The van der Waals surface area contributed by atoms with Crippen molar-refractivity contribution in [1.29, 1.82) is 0 Å². The van der Waals surface area contributed by atoms with Gasteiger partial charge in [-0.05, 0) is 50.3 Å². The Hall–Kier alpha value is -0.910. The summed E-state index contributed by atoms with van der Waals surface area (Å²) in [7, 11) is 0. The summed E-state index contributed by atoms with van der Waals surface area (Å²) < 4.78 is 1.04. The van der Waals surface area contributed by atoms with Crippen molar-refractivity contribution >= 4 is 21.9 Å². The molecule has 1 aromatic carbocycles. The van der Waals surface area contributed by atoms with E-state index >= 15 is 0 Å². The van der Waals surface area contributed by atoms with Gasteiger partial charge in [0.25, 0.3) is 0 Å². The minimum absolute atomic E-state index is 0.142. The SMILES string of the molecule is C[C@@H](NCC1(O)CCC(C(=O)O)CC1)c1cccc(Br)c1. The van der Waals surface area contributed by atoms with Crippen molar-refractivity contribution in [3.8, 4) is 0 Å². The summed E-state index contributed by atoms with van der Waals surface area (Å²) >= 11 is 3.46. The van der Waals surface area contributed by atoms with Crippen LogP contribution >= 0.6 is 15.9 Å². The van der Waals surface area contributed by atoms with Gasteiger partial charge in [-0.3, -0.25) is 4.79 Å². The quantitative estimate of drug-likeness (QED) is 0.758. The van der Waals surface area contributed by atoms with Crippen LogP contribution in [0.25, 0.3) is 0 Å². The molecule has 0 aliphatic heterocycles. The van der Waals surface area contributed by atoms with E-state index in [1.54, 1.807) is 0 Å². The average Bonchev–Trinajstić information content (AvgIpc) is 2.45. The minimum atomic E-state index is -0.785. The molecule has 1 saturated carbocycles. The Bertz CT molecular complexity index is 498. The van der Waals surface area contributed by atoms with Crippen LogP contribution in [0.3, 0.4) is 0 Å². The van der Waals surface area contributed by atoms with E-state index in [0.29, 0.717) is 32.2 Å². The van der Waals surface area contributed by atoms with Gasteiger partial charge in [0.1, 0.15) is 0 Å². The molecule has 4 nitrogen and oxygen atoms in total. The first-order valence-corrected chi connectivity index (χ1v) is 8.13. The highest BCUT2D eigenvalue weighted by Crippen LogP contribution is 2.32. The molecule has 5 heteroatoms. The van der Waals surface area contributed by atoms with Crippen molar-refractivity contribution < 1.29 is 15.0 Å². The van der Waals surface area contributed by atoms with Gasteiger partial charge in [-0.2, -0.15) is 0 Å². The third-order valence-electron chi connectivity index (χ3n) is 4.35. The summed E-state index contributed by atoms with van der Waals surface area (Å²) in [5, 5.41) is 22.9. The molecule has 0 saturated heterocycles. The summed E-state index contributed by atoms with van der Waals surface area (Å²) in [5.41, 5.74) is 0.374. The molecule has 0 bridgehead atoms. The van der Waals surface area contributed by atoms with E-state index in [-0.39, 0.29) is 12.0 Å². The Balaban J connectivity index is 1.86. The monoisotopic (exact) mass is 355 g/mol. The second kappa shape index (κ2) is 6.90. The highest BCUT2D eigenvalue weighted by Gasteiger charge is 2.35. The van der Waals surface area contributed by atoms with Crippen molar-refractivity contribution in [3.05, 3.63) is 34.3 Å². The normalized spacial score (nSPS) is 27.3. The van der Waals surface area contributed by atoms with E-state index < -0.39 is 11.6 Å². The number of carboxylic acids is 1. The van der Waals surface area contributed by atoms with Crippen molar-refractivity contribution in [1.82, 2.24) is 5.32 Å². The fourth-order valence-electron chi connectivity index (χ4n) is 2.82. The van der Waals surface area contributed by atoms with E-state index in [1.165, 1.54) is 0 Å². The molecule has 21 heavy (non-hydrogen) atoms. The zero-order valence-electron chi connectivity index (χ0n) is 12.2. The number of nitrogens with one attached hydrogen (secondary N) is 1. The van der Waals surface area contributed by atoms with Crippen LogP contribution in [0, 0.1) is 5.92 Å². The van der Waals surface area contributed by atoms with Gasteiger partial charge in [-0.25, -0.2) is 0 Å². The predicted octanol–water partition coefficient (Wildman–Crippen LogP) is 3.11. The van der Waals surface area contributed by atoms with Crippen molar-refractivity contribution in [2.45, 2.75) is 44.2 Å². The first kappa shape index (κ1) is 16.5. The number of carboxylic acid groups (broad SMARTS) is 1. The number of hydrogen-bond acceptors (Lipinski definition) is 3. The molecule has 1 aromatic rings. The smallest absolute Gasteiger partial charge is 0.306 e. The number of aliphatic hydroxyl groups is 1. The molecular formula is C16H22BrNO3. The Morgan fingerprint density at radius 3 is 2.71 bits per heavy atom. The van der Waals surface area contributed by atoms with E-state index in [0.717, 1.165) is 10.0 Å². The standard InChI is InChI=1S/C16H22BrNO3/c1-11(13-3-2-4-14(17)9-13)18-10-16(21)7-5-12(6-8-16)15(19)20/h2-4,9,11-12,18,21H,5-8,10H2,1H3,(H,19,20)/t11-,12?,16?/m1/s1. The second-order valence-corrected chi connectivity index (χ2v) is 6.91. The Morgan fingerprint density at radius 2 is 2.14 bits per heavy atom. The van der Waals surface area contributed by atoms with Gasteiger partial charge in [-0.15, -0.1) is 0 Å². The summed E-state index contributed by atoms with van der Waals surface area (Å²) in [5.74, 6) is -1.04. The average molecular weight is 356 g/mol. The summed E-state index contributed by atoms with van der Waals surface area (Å²) in [4.78, 5) is 10.9. The van der Waals surface area contributed by atoms with E-state index in [2.05, 4.69) is 34.2 Å². The zero-order valence-corrected chi connectivity index (χ0v) is 13.8. The maximum atomic E-state index is 10.9. The van der Waals surface area contributed by atoms with E-state index in [9.17, 15) is 9.90 Å². The lowest BCUT2D eigenvalue weighted by atomic mass is 9.78. The van der Waals surface area contributed by atoms with Gasteiger partial charge in [-0.1, -0.05) is 28.1 Å². The molecule has 116 valence electrons. The van der Waals surface area contributed by atoms with E-state index in [4.69, 9.17) is 5.11 Å². The molecule has 3 N–H and O–H groups in total. The molecule has 1 fully saturated rings. The van der Waals surface area contributed by atoms with Crippen LogP contribution in [-0.2, 0) is 4.79 Å². The van der Waals surface area contributed by atoms with Gasteiger partial charge < -0.3 is 15.5 Å². The molecule has 0 heterocycles. The summed E-state index contributed by atoms with van der Waals surface area (Å²) in [6.45, 7) is 2.56. The van der Waals surface area contributed by atoms with Crippen LogP contribution in [0.5, 0.6) is 0 Å². The van der Waals surface area contributed by atoms with Crippen LogP contribution in [0.2, 0.25) is 0 Å². The predicted molar refractivity (Wildman–Crippen MR) is 85.1 cm³/mol. The highest BCUT2D eigenvalue weighted by atomic mass is 79.9.